The molecule has 2 rings (SSSR count). The van der Waals surface area contributed by atoms with Gasteiger partial charge in [-0.2, -0.15) is 0 Å². The Kier molecular flexibility index (Phi) is 4.90. The summed E-state index contributed by atoms with van der Waals surface area (Å²) in [6.07, 6.45) is 0. The van der Waals surface area contributed by atoms with Crippen LogP contribution in [0.1, 0.15) is 17.3 Å². The van der Waals surface area contributed by atoms with Crippen molar-refractivity contribution in [3.8, 4) is 0 Å². The van der Waals surface area contributed by atoms with Crippen molar-refractivity contribution in [2.24, 2.45) is 0 Å². The van der Waals surface area contributed by atoms with Gasteiger partial charge < -0.3 is 10.6 Å². The molecule has 0 aliphatic heterocycles. The van der Waals surface area contributed by atoms with E-state index in [9.17, 15) is 22.8 Å². The molecule has 2 amide bonds. The maximum atomic E-state index is 13.5. The van der Waals surface area contributed by atoms with Gasteiger partial charge in [0.25, 0.3) is 5.91 Å². The Morgan fingerprint density at radius 2 is 1.61 bits per heavy atom. The van der Waals surface area contributed by atoms with Gasteiger partial charge in [-0.05, 0) is 30.3 Å². The fraction of sp³-hybridized carbons (Fsp3) is 0.0667. The first-order valence-corrected chi connectivity index (χ1v) is 6.68. The first kappa shape index (κ1) is 16.8. The lowest BCUT2D eigenvalue weighted by Gasteiger charge is -2.10. The molecule has 0 fully saturated rings. The van der Waals surface area contributed by atoms with Gasteiger partial charge in [-0.3, -0.25) is 9.59 Å². The Morgan fingerprint density at radius 3 is 2.26 bits per heavy atom. The smallest absolute Gasteiger partial charge is 0.257 e. The average molecular weight is 343 g/mol. The predicted molar refractivity (Wildman–Crippen MR) is 80.0 cm³/mol. The zero-order valence-electron chi connectivity index (χ0n) is 11.7. The molecule has 8 heteroatoms. The van der Waals surface area contributed by atoms with Crippen molar-refractivity contribution in [3.05, 3.63) is 58.4 Å². The van der Waals surface area contributed by atoms with Gasteiger partial charge in [-0.15, -0.1) is 0 Å². The Hall–Kier alpha value is -2.54. The van der Waals surface area contributed by atoms with Crippen molar-refractivity contribution in [3.63, 3.8) is 0 Å². The minimum atomic E-state index is -1.22. The van der Waals surface area contributed by atoms with Crippen LogP contribution in [-0.2, 0) is 4.79 Å². The topological polar surface area (TPSA) is 58.2 Å². The van der Waals surface area contributed by atoms with Crippen LogP contribution in [-0.4, -0.2) is 11.8 Å². The number of carbonyl (C=O) groups is 2. The van der Waals surface area contributed by atoms with Gasteiger partial charge >= 0.3 is 0 Å². The molecule has 0 aromatic heterocycles. The number of benzene rings is 2. The Morgan fingerprint density at radius 1 is 0.957 bits per heavy atom. The molecule has 0 unspecified atom stereocenters. The summed E-state index contributed by atoms with van der Waals surface area (Å²) in [6.45, 7) is 1.20. The normalized spacial score (nSPS) is 10.3. The molecule has 0 aliphatic carbocycles. The minimum Gasteiger partial charge on any atom is -0.324 e. The van der Waals surface area contributed by atoms with E-state index in [4.69, 9.17) is 11.6 Å². The molecule has 0 spiro atoms. The summed E-state index contributed by atoms with van der Waals surface area (Å²) in [7, 11) is 0. The fourth-order valence-corrected chi connectivity index (χ4v) is 2.02. The van der Waals surface area contributed by atoms with Crippen LogP contribution in [0.3, 0.4) is 0 Å². The number of halogens is 4. The monoisotopic (exact) mass is 342 g/mol. The van der Waals surface area contributed by atoms with Crippen molar-refractivity contribution < 1.29 is 22.8 Å². The highest BCUT2D eigenvalue weighted by atomic mass is 35.5. The van der Waals surface area contributed by atoms with Crippen LogP contribution in [0.5, 0.6) is 0 Å². The van der Waals surface area contributed by atoms with Gasteiger partial charge in [-0.25, -0.2) is 13.2 Å². The molecule has 120 valence electrons. The Labute approximate surface area is 134 Å². The van der Waals surface area contributed by atoms with Crippen LogP contribution in [0.15, 0.2) is 30.3 Å². The van der Waals surface area contributed by atoms with Gasteiger partial charge in [0.2, 0.25) is 5.91 Å². The van der Waals surface area contributed by atoms with Crippen molar-refractivity contribution in [2.75, 3.05) is 10.6 Å². The van der Waals surface area contributed by atoms with E-state index in [2.05, 4.69) is 10.6 Å². The van der Waals surface area contributed by atoms with E-state index in [0.717, 1.165) is 6.07 Å². The van der Waals surface area contributed by atoms with E-state index in [-0.39, 0.29) is 22.0 Å². The zero-order valence-corrected chi connectivity index (χ0v) is 12.5. The third-order valence-corrected chi connectivity index (χ3v) is 3.10. The third-order valence-electron chi connectivity index (χ3n) is 2.79. The summed E-state index contributed by atoms with van der Waals surface area (Å²) in [5.74, 6) is -4.40. The number of nitrogens with one attached hydrogen (secondary N) is 2. The largest absolute Gasteiger partial charge is 0.324 e. The molecule has 0 bridgehead atoms. The van der Waals surface area contributed by atoms with Gasteiger partial charge in [-0.1, -0.05) is 11.6 Å². The van der Waals surface area contributed by atoms with Crippen LogP contribution in [0.4, 0.5) is 24.5 Å². The summed E-state index contributed by atoms with van der Waals surface area (Å²) < 4.78 is 39.7. The maximum absolute atomic E-state index is 13.5. The second-order valence-electron chi connectivity index (χ2n) is 4.58. The highest BCUT2D eigenvalue weighted by Crippen LogP contribution is 2.23. The molecule has 2 N–H and O–H groups in total. The molecule has 0 saturated heterocycles. The second kappa shape index (κ2) is 6.70. The second-order valence-corrected chi connectivity index (χ2v) is 4.98. The van der Waals surface area contributed by atoms with E-state index in [0.29, 0.717) is 12.1 Å². The number of carbonyl (C=O) groups excluding carboxylic acids is 2. The molecule has 0 heterocycles. The van der Waals surface area contributed by atoms with Gasteiger partial charge in [0.1, 0.15) is 5.82 Å². The van der Waals surface area contributed by atoms with E-state index in [1.807, 2.05) is 0 Å². The lowest BCUT2D eigenvalue weighted by atomic mass is 10.2. The van der Waals surface area contributed by atoms with Crippen LogP contribution in [0.25, 0.3) is 0 Å². The van der Waals surface area contributed by atoms with E-state index < -0.39 is 29.3 Å². The number of anilines is 2. The predicted octanol–water partition coefficient (Wildman–Crippen LogP) is 3.97. The van der Waals surface area contributed by atoms with Crippen molar-refractivity contribution in [2.45, 2.75) is 6.92 Å². The highest BCUT2D eigenvalue weighted by Gasteiger charge is 2.16. The zero-order chi connectivity index (χ0) is 17.1. The molecular formula is C15H10ClF3N2O2. The summed E-state index contributed by atoms with van der Waals surface area (Å²) >= 11 is 5.70. The summed E-state index contributed by atoms with van der Waals surface area (Å²) in [5.41, 5.74) is -0.274. The summed E-state index contributed by atoms with van der Waals surface area (Å²) in [4.78, 5) is 23.0. The third kappa shape index (κ3) is 4.01. The van der Waals surface area contributed by atoms with E-state index >= 15 is 0 Å². The van der Waals surface area contributed by atoms with Crippen molar-refractivity contribution in [1.82, 2.24) is 0 Å². The molecule has 4 nitrogen and oxygen atoms in total. The SMILES string of the molecule is CC(=O)Nc1cc(NC(=O)c2cc(F)c(F)cc2Cl)ccc1F. The van der Waals surface area contributed by atoms with Gasteiger partial charge in [0.15, 0.2) is 11.6 Å². The van der Waals surface area contributed by atoms with E-state index in [1.165, 1.54) is 19.1 Å². The van der Waals surface area contributed by atoms with E-state index in [1.54, 1.807) is 0 Å². The average Bonchev–Trinajstić information content (AvgIpc) is 2.45. The highest BCUT2D eigenvalue weighted by molar-refractivity contribution is 6.34. The molecular weight excluding hydrogens is 333 g/mol. The molecule has 0 radical (unpaired) electrons. The summed E-state index contributed by atoms with van der Waals surface area (Å²) in [6, 6.07) is 4.80. The molecule has 23 heavy (non-hydrogen) atoms. The standard InChI is InChI=1S/C15H10ClF3N2O2/c1-7(22)20-14-4-8(2-3-11(14)17)21-15(23)9-5-12(18)13(19)6-10(9)16/h2-6H,1H3,(H,20,22)(H,21,23). The molecule has 2 aromatic carbocycles. The van der Waals surface area contributed by atoms with Crippen LogP contribution < -0.4 is 10.6 Å². The lowest BCUT2D eigenvalue weighted by molar-refractivity contribution is -0.114. The minimum absolute atomic E-state index is 0.133. The number of rotatable bonds is 3. The number of hydrogen-bond donors (Lipinski definition) is 2. The molecule has 0 atom stereocenters. The number of amides is 2. The molecule has 0 saturated carbocycles. The van der Waals surface area contributed by atoms with Crippen LogP contribution >= 0.6 is 11.6 Å². The first-order valence-electron chi connectivity index (χ1n) is 6.31. The Bertz CT molecular complexity index is 797. The lowest BCUT2D eigenvalue weighted by Crippen LogP contribution is -2.14. The van der Waals surface area contributed by atoms with Crippen molar-refractivity contribution >= 4 is 34.8 Å². The Balaban J connectivity index is 2.27. The van der Waals surface area contributed by atoms with Crippen LogP contribution in [0.2, 0.25) is 5.02 Å². The molecule has 0 aliphatic rings. The first-order chi connectivity index (χ1) is 10.8. The number of hydrogen-bond acceptors (Lipinski definition) is 2. The van der Waals surface area contributed by atoms with Crippen molar-refractivity contribution in [1.29, 1.82) is 0 Å². The summed E-state index contributed by atoms with van der Waals surface area (Å²) in [5, 5.41) is 4.34. The fourth-order valence-electron chi connectivity index (χ4n) is 1.78. The quantitative estimate of drug-likeness (QED) is 0.829. The van der Waals surface area contributed by atoms with Gasteiger partial charge in [0.05, 0.1) is 16.3 Å². The molecule has 2 aromatic rings. The van der Waals surface area contributed by atoms with Gasteiger partial charge in [0, 0.05) is 12.6 Å². The van der Waals surface area contributed by atoms with Crippen LogP contribution in [0, 0.1) is 17.5 Å². The maximum Gasteiger partial charge on any atom is 0.257 e.